The molecule has 0 amide bonds. The van der Waals surface area contributed by atoms with Crippen LogP contribution in [0, 0.1) is 18.7 Å². The molecule has 1 rings (SSSR count). The molecule has 1 N–H and O–H groups in total. The smallest absolute Gasteiger partial charge is 0.335 e. The first kappa shape index (κ1) is 16.6. The van der Waals surface area contributed by atoms with Gasteiger partial charge in [0, 0.05) is 5.56 Å². The maximum Gasteiger partial charge on any atom is 0.335 e. The monoisotopic (exact) mass is 302 g/mol. The normalized spacial score (nSPS) is 11.8. The van der Waals surface area contributed by atoms with Crippen molar-refractivity contribution in [1.29, 1.82) is 0 Å². The number of halogens is 1. The van der Waals surface area contributed by atoms with Crippen molar-refractivity contribution >= 4 is 15.8 Å². The van der Waals surface area contributed by atoms with Crippen molar-refractivity contribution in [2.75, 3.05) is 5.75 Å². The first-order chi connectivity index (χ1) is 9.15. The number of aromatic carboxylic acids is 1. The van der Waals surface area contributed by atoms with Gasteiger partial charge in [-0.25, -0.2) is 17.6 Å². The molecule has 0 aliphatic carbocycles. The van der Waals surface area contributed by atoms with Crippen LogP contribution in [0.25, 0.3) is 0 Å². The molecule has 0 spiro atoms. The van der Waals surface area contributed by atoms with Crippen molar-refractivity contribution in [3.8, 4) is 0 Å². The third-order valence-electron chi connectivity index (χ3n) is 3.07. The van der Waals surface area contributed by atoms with Gasteiger partial charge in [0.1, 0.15) is 5.82 Å². The predicted octanol–water partition coefficient (Wildman–Crippen LogP) is 3.04. The van der Waals surface area contributed by atoms with Crippen molar-refractivity contribution < 1.29 is 22.7 Å². The molecular formula is C14H19FO4S. The Hall–Kier alpha value is -1.43. The Morgan fingerprint density at radius 1 is 1.35 bits per heavy atom. The lowest BCUT2D eigenvalue weighted by Crippen LogP contribution is -2.12. The van der Waals surface area contributed by atoms with Gasteiger partial charge in [0.25, 0.3) is 0 Å². The molecule has 0 heterocycles. The standard InChI is InChI=1S/C14H19FO4S/c1-9(2)5-4-6-20(18,19)13-8-11(14(16)17)7-12(15)10(13)3/h7-9H,4-6H2,1-3H3,(H,16,17). The van der Waals surface area contributed by atoms with Crippen LogP contribution in [-0.2, 0) is 9.84 Å². The van der Waals surface area contributed by atoms with E-state index in [1.807, 2.05) is 13.8 Å². The summed E-state index contributed by atoms with van der Waals surface area (Å²) in [7, 11) is -3.67. The van der Waals surface area contributed by atoms with Gasteiger partial charge in [0.2, 0.25) is 0 Å². The lowest BCUT2D eigenvalue weighted by Gasteiger charge is -2.10. The molecule has 112 valence electrons. The maximum absolute atomic E-state index is 13.7. The summed E-state index contributed by atoms with van der Waals surface area (Å²) in [4.78, 5) is 10.7. The summed E-state index contributed by atoms with van der Waals surface area (Å²) >= 11 is 0. The SMILES string of the molecule is Cc1c(F)cc(C(=O)O)cc1S(=O)(=O)CCCC(C)C. The first-order valence-electron chi connectivity index (χ1n) is 6.41. The van der Waals surface area contributed by atoms with E-state index in [9.17, 15) is 17.6 Å². The summed E-state index contributed by atoms with van der Waals surface area (Å²) in [6, 6.07) is 1.87. The molecular weight excluding hydrogens is 283 g/mol. The fraction of sp³-hybridized carbons (Fsp3) is 0.500. The van der Waals surface area contributed by atoms with Crippen molar-refractivity contribution in [2.24, 2.45) is 5.92 Å². The number of sulfone groups is 1. The highest BCUT2D eigenvalue weighted by molar-refractivity contribution is 7.91. The Kier molecular flexibility index (Phi) is 5.28. The third kappa shape index (κ3) is 4.03. The van der Waals surface area contributed by atoms with Crippen molar-refractivity contribution in [1.82, 2.24) is 0 Å². The second-order valence-electron chi connectivity index (χ2n) is 5.24. The number of carbonyl (C=O) groups is 1. The lowest BCUT2D eigenvalue weighted by atomic mass is 10.1. The summed E-state index contributed by atoms with van der Waals surface area (Å²) in [5, 5.41) is 8.88. The summed E-state index contributed by atoms with van der Waals surface area (Å²) in [6.07, 6.45) is 1.22. The van der Waals surface area contributed by atoms with Gasteiger partial charge >= 0.3 is 5.97 Å². The Labute approximate surface area is 118 Å². The van der Waals surface area contributed by atoms with E-state index in [1.165, 1.54) is 6.92 Å². The van der Waals surface area contributed by atoms with E-state index in [-0.39, 0.29) is 21.8 Å². The Bertz CT molecular complexity index is 606. The van der Waals surface area contributed by atoms with Crippen LogP contribution in [0.4, 0.5) is 4.39 Å². The van der Waals surface area contributed by atoms with Gasteiger partial charge in [0.05, 0.1) is 16.2 Å². The van der Waals surface area contributed by atoms with Gasteiger partial charge < -0.3 is 5.11 Å². The minimum Gasteiger partial charge on any atom is -0.478 e. The Morgan fingerprint density at radius 2 is 1.95 bits per heavy atom. The van der Waals surface area contributed by atoms with Crippen LogP contribution in [0.1, 0.15) is 42.6 Å². The minimum atomic E-state index is -3.67. The van der Waals surface area contributed by atoms with E-state index in [2.05, 4.69) is 0 Å². The van der Waals surface area contributed by atoms with Crippen LogP contribution in [0.5, 0.6) is 0 Å². The van der Waals surface area contributed by atoms with Gasteiger partial charge in [0.15, 0.2) is 9.84 Å². The lowest BCUT2D eigenvalue weighted by molar-refractivity contribution is 0.0696. The molecule has 6 heteroatoms. The van der Waals surface area contributed by atoms with Crippen LogP contribution in [-0.4, -0.2) is 25.2 Å². The molecule has 0 saturated carbocycles. The summed E-state index contributed by atoms with van der Waals surface area (Å²) in [5.74, 6) is -1.88. The van der Waals surface area contributed by atoms with Crippen LogP contribution in [0.3, 0.4) is 0 Å². The van der Waals surface area contributed by atoms with Crippen LogP contribution in [0.15, 0.2) is 17.0 Å². The van der Waals surface area contributed by atoms with Gasteiger partial charge in [-0.1, -0.05) is 13.8 Å². The average molecular weight is 302 g/mol. The van der Waals surface area contributed by atoms with Crippen molar-refractivity contribution in [3.63, 3.8) is 0 Å². The number of hydrogen-bond donors (Lipinski definition) is 1. The highest BCUT2D eigenvalue weighted by Crippen LogP contribution is 2.23. The maximum atomic E-state index is 13.7. The molecule has 1 aromatic rings. The third-order valence-corrected chi connectivity index (χ3v) is 4.99. The fourth-order valence-electron chi connectivity index (χ4n) is 1.89. The number of carboxylic acids is 1. The zero-order valence-electron chi connectivity index (χ0n) is 11.8. The van der Waals surface area contributed by atoms with E-state index in [4.69, 9.17) is 5.11 Å². The number of rotatable bonds is 6. The highest BCUT2D eigenvalue weighted by Gasteiger charge is 2.21. The largest absolute Gasteiger partial charge is 0.478 e. The first-order valence-corrected chi connectivity index (χ1v) is 8.06. The van der Waals surface area contributed by atoms with Gasteiger partial charge in [-0.3, -0.25) is 0 Å². The van der Waals surface area contributed by atoms with Crippen LogP contribution >= 0.6 is 0 Å². The molecule has 0 atom stereocenters. The second kappa shape index (κ2) is 6.35. The van der Waals surface area contributed by atoms with Crippen LogP contribution in [0.2, 0.25) is 0 Å². The Balaban J connectivity index is 3.14. The molecule has 0 aromatic heterocycles. The van der Waals surface area contributed by atoms with Crippen LogP contribution < -0.4 is 0 Å². The molecule has 0 radical (unpaired) electrons. The zero-order chi connectivity index (χ0) is 15.5. The predicted molar refractivity (Wildman–Crippen MR) is 74.2 cm³/mol. The molecule has 0 aliphatic heterocycles. The van der Waals surface area contributed by atoms with E-state index in [1.54, 1.807) is 0 Å². The summed E-state index contributed by atoms with van der Waals surface area (Å²) in [5.41, 5.74) is -0.380. The minimum absolute atomic E-state index is 0.0282. The highest BCUT2D eigenvalue weighted by atomic mass is 32.2. The number of carboxylic acid groups (broad SMARTS) is 1. The second-order valence-corrected chi connectivity index (χ2v) is 7.32. The molecule has 4 nitrogen and oxygen atoms in total. The van der Waals surface area contributed by atoms with E-state index in [0.29, 0.717) is 12.3 Å². The average Bonchev–Trinajstić information content (AvgIpc) is 2.31. The van der Waals surface area contributed by atoms with E-state index < -0.39 is 21.6 Å². The molecule has 20 heavy (non-hydrogen) atoms. The quantitative estimate of drug-likeness (QED) is 0.876. The van der Waals surface area contributed by atoms with Gasteiger partial charge in [-0.05, 0) is 37.8 Å². The van der Waals surface area contributed by atoms with E-state index in [0.717, 1.165) is 18.6 Å². The molecule has 0 saturated heterocycles. The number of hydrogen-bond acceptors (Lipinski definition) is 3. The molecule has 0 aliphatic rings. The van der Waals surface area contributed by atoms with Crippen molar-refractivity contribution in [2.45, 2.75) is 38.5 Å². The van der Waals surface area contributed by atoms with Gasteiger partial charge in [-0.2, -0.15) is 0 Å². The molecule has 1 aromatic carbocycles. The fourth-order valence-corrected chi connectivity index (χ4v) is 3.53. The van der Waals surface area contributed by atoms with Crippen molar-refractivity contribution in [3.05, 3.63) is 29.1 Å². The topological polar surface area (TPSA) is 71.4 Å². The van der Waals surface area contributed by atoms with Gasteiger partial charge in [-0.15, -0.1) is 0 Å². The van der Waals surface area contributed by atoms with E-state index >= 15 is 0 Å². The number of benzene rings is 1. The Morgan fingerprint density at radius 3 is 2.45 bits per heavy atom. The molecule has 0 bridgehead atoms. The molecule has 0 unspecified atom stereocenters. The molecule has 0 fully saturated rings. The summed E-state index contributed by atoms with van der Waals surface area (Å²) < 4.78 is 38.1. The zero-order valence-corrected chi connectivity index (χ0v) is 12.6. The summed E-state index contributed by atoms with van der Waals surface area (Å²) in [6.45, 7) is 5.32.